The van der Waals surface area contributed by atoms with Crippen LogP contribution in [0.5, 0.6) is 0 Å². The minimum atomic E-state index is -0.738. The normalized spacial score (nSPS) is 10.3. The lowest BCUT2D eigenvalue weighted by Crippen LogP contribution is -2.33. The van der Waals surface area contributed by atoms with Crippen molar-refractivity contribution in [2.45, 2.75) is 17.8 Å². The number of nitrogens with zero attached hydrogens (tertiary/aromatic N) is 3. The van der Waals surface area contributed by atoms with Crippen molar-refractivity contribution in [2.75, 3.05) is 12.3 Å². The van der Waals surface area contributed by atoms with Gasteiger partial charge in [0.1, 0.15) is 0 Å². The van der Waals surface area contributed by atoms with Crippen molar-refractivity contribution in [1.29, 1.82) is 5.41 Å². The summed E-state index contributed by atoms with van der Waals surface area (Å²) in [5, 5.41) is 12.0. The van der Waals surface area contributed by atoms with Crippen molar-refractivity contribution in [2.24, 2.45) is 0 Å². The van der Waals surface area contributed by atoms with E-state index in [-0.39, 0.29) is 17.9 Å². The van der Waals surface area contributed by atoms with Gasteiger partial charge in [0, 0.05) is 5.75 Å². The van der Waals surface area contributed by atoms with Crippen molar-refractivity contribution in [3.8, 4) is 0 Å². The highest BCUT2D eigenvalue weighted by Crippen LogP contribution is 2.18. The van der Waals surface area contributed by atoms with Gasteiger partial charge in [-0.2, -0.15) is 0 Å². The Bertz CT molecular complexity index is 687. The van der Waals surface area contributed by atoms with Gasteiger partial charge in [0.2, 0.25) is 5.16 Å². The predicted octanol–water partition coefficient (Wildman–Crippen LogP) is 1.64. The highest BCUT2D eigenvalue weighted by atomic mass is 32.2. The molecule has 7 nitrogen and oxygen atoms in total. The summed E-state index contributed by atoms with van der Waals surface area (Å²) < 4.78 is 5.65. The quantitative estimate of drug-likeness (QED) is 0.831. The van der Waals surface area contributed by atoms with E-state index >= 15 is 0 Å². The lowest BCUT2D eigenvalue weighted by Gasteiger charge is -2.07. The van der Waals surface area contributed by atoms with Crippen LogP contribution < -0.4 is 11.2 Å². The van der Waals surface area contributed by atoms with Gasteiger partial charge in [0.05, 0.1) is 6.61 Å². The van der Waals surface area contributed by atoms with Crippen molar-refractivity contribution < 1.29 is 9.53 Å². The van der Waals surface area contributed by atoms with Crippen LogP contribution in [-0.2, 0) is 10.5 Å². The Balaban J connectivity index is 2.21. The Kier molecular flexibility index (Phi) is 4.94. The third-order valence-electron chi connectivity index (χ3n) is 2.51. The molecule has 1 heterocycles. The fourth-order valence-corrected chi connectivity index (χ4v) is 2.31. The lowest BCUT2D eigenvalue weighted by molar-refractivity contribution is 0.147. The molecule has 0 atom stereocenters. The summed E-state index contributed by atoms with van der Waals surface area (Å²) in [5.74, 6) is 0.578. The van der Waals surface area contributed by atoms with Crippen LogP contribution in [-0.4, -0.2) is 27.5 Å². The SMILES string of the molecule is CCOC(=O)n1nc(SCc2ccccc2)nc(N)c1=N. The molecule has 0 radical (unpaired) electrons. The molecule has 8 heteroatoms. The lowest BCUT2D eigenvalue weighted by atomic mass is 10.2. The molecule has 0 aliphatic carbocycles. The second-order valence-electron chi connectivity index (χ2n) is 4.01. The molecular weight excluding hydrogens is 290 g/mol. The smallest absolute Gasteiger partial charge is 0.436 e. The van der Waals surface area contributed by atoms with E-state index in [9.17, 15) is 4.79 Å². The molecule has 21 heavy (non-hydrogen) atoms. The molecule has 0 fully saturated rings. The van der Waals surface area contributed by atoms with Crippen LogP contribution in [0.25, 0.3) is 0 Å². The van der Waals surface area contributed by atoms with E-state index in [1.54, 1.807) is 6.92 Å². The van der Waals surface area contributed by atoms with E-state index in [0.29, 0.717) is 10.9 Å². The zero-order valence-corrected chi connectivity index (χ0v) is 12.3. The molecular formula is C13H15N5O2S. The third-order valence-corrected chi connectivity index (χ3v) is 3.42. The molecule has 2 rings (SSSR count). The Morgan fingerprint density at radius 3 is 2.81 bits per heavy atom. The number of thioether (sulfide) groups is 1. The van der Waals surface area contributed by atoms with E-state index in [0.717, 1.165) is 10.2 Å². The number of nitrogen functional groups attached to an aromatic ring is 1. The number of rotatable bonds is 4. The number of hydrogen-bond donors (Lipinski definition) is 2. The van der Waals surface area contributed by atoms with E-state index in [1.807, 2.05) is 30.3 Å². The molecule has 1 aromatic heterocycles. The van der Waals surface area contributed by atoms with Gasteiger partial charge in [-0.1, -0.05) is 42.1 Å². The first kappa shape index (κ1) is 15.0. The van der Waals surface area contributed by atoms with E-state index in [1.165, 1.54) is 11.8 Å². The van der Waals surface area contributed by atoms with Gasteiger partial charge in [-0.05, 0) is 12.5 Å². The second-order valence-corrected chi connectivity index (χ2v) is 4.96. The van der Waals surface area contributed by atoms with E-state index < -0.39 is 6.09 Å². The Morgan fingerprint density at radius 2 is 2.14 bits per heavy atom. The Hall–Kier alpha value is -2.35. The number of nitrogens with two attached hydrogens (primary N) is 1. The molecule has 0 amide bonds. The van der Waals surface area contributed by atoms with Gasteiger partial charge < -0.3 is 10.5 Å². The van der Waals surface area contributed by atoms with E-state index in [4.69, 9.17) is 15.9 Å². The average Bonchev–Trinajstić information content (AvgIpc) is 2.49. The maximum atomic E-state index is 11.7. The van der Waals surface area contributed by atoms with Crippen molar-refractivity contribution >= 4 is 23.7 Å². The number of aromatic nitrogens is 3. The summed E-state index contributed by atoms with van der Waals surface area (Å²) in [4.78, 5) is 15.7. The number of hydrogen-bond acceptors (Lipinski definition) is 7. The first-order valence-corrected chi connectivity index (χ1v) is 7.25. The Labute approximate surface area is 125 Å². The first-order valence-electron chi connectivity index (χ1n) is 6.27. The molecule has 0 saturated heterocycles. The molecule has 0 aliphatic heterocycles. The molecule has 1 aromatic carbocycles. The maximum absolute atomic E-state index is 11.7. The van der Waals surface area contributed by atoms with Crippen molar-refractivity contribution in [3.63, 3.8) is 0 Å². The van der Waals surface area contributed by atoms with Crippen LogP contribution in [0.1, 0.15) is 12.5 Å². The van der Waals surface area contributed by atoms with Gasteiger partial charge in [-0.15, -0.1) is 9.78 Å². The highest BCUT2D eigenvalue weighted by Gasteiger charge is 2.13. The van der Waals surface area contributed by atoms with Gasteiger partial charge in [-0.25, -0.2) is 9.78 Å². The first-order chi connectivity index (χ1) is 10.1. The molecule has 0 spiro atoms. The molecule has 3 N–H and O–H groups in total. The monoisotopic (exact) mass is 305 g/mol. The van der Waals surface area contributed by atoms with Gasteiger partial charge in [0.15, 0.2) is 11.3 Å². The summed E-state index contributed by atoms with van der Waals surface area (Å²) in [5.41, 5.74) is 6.46. The van der Waals surface area contributed by atoms with Gasteiger partial charge in [0.25, 0.3) is 0 Å². The summed E-state index contributed by atoms with van der Waals surface area (Å²) in [6.45, 7) is 1.87. The van der Waals surface area contributed by atoms with Crippen LogP contribution in [0, 0.1) is 5.41 Å². The number of carbonyl (C=O) groups excluding carboxylic acids is 1. The predicted molar refractivity (Wildman–Crippen MR) is 78.7 cm³/mol. The second kappa shape index (κ2) is 6.89. The minimum Gasteiger partial charge on any atom is -0.448 e. The average molecular weight is 305 g/mol. The summed E-state index contributed by atoms with van der Waals surface area (Å²) in [6.07, 6.45) is -0.738. The zero-order valence-electron chi connectivity index (χ0n) is 11.4. The van der Waals surface area contributed by atoms with Crippen LogP contribution in [0.3, 0.4) is 0 Å². The standard InChI is InChI=1S/C13H15N5O2S/c1-2-20-13(19)18-11(15)10(14)16-12(17-18)21-8-9-6-4-3-5-7-9/h3-7,15H,2,8H2,1H3,(H2,14,16,17). The van der Waals surface area contributed by atoms with Crippen LogP contribution in [0.4, 0.5) is 10.6 Å². The molecule has 2 aromatic rings. The summed E-state index contributed by atoms with van der Waals surface area (Å²) in [7, 11) is 0. The molecule has 0 saturated carbocycles. The van der Waals surface area contributed by atoms with Crippen molar-refractivity contribution in [1.82, 2.24) is 14.8 Å². The van der Waals surface area contributed by atoms with E-state index in [2.05, 4.69) is 10.1 Å². The summed E-state index contributed by atoms with van der Waals surface area (Å²) >= 11 is 1.33. The van der Waals surface area contributed by atoms with Crippen molar-refractivity contribution in [3.05, 3.63) is 41.4 Å². The van der Waals surface area contributed by atoms with Crippen LogP contribution in [0.2, 0.25) is 0 Å². The minimum absolute atomic E-state index is 0.0615. The topological polar surface area (TPSA) is 107 Å². The van der Waals surface area contributed by atoms with Crippen LogP contribution in [0.15, 0.2) is 35.5 Å². The van der Waals surface area contributed by atoms with Gasteiger partial charge >= 0.3 is 6.09 Å². The molecule has 0 bridgehead atoms. The number of anilines is 1. The van der Waals surface area contributed by atoms with Gasteiger partial charge in [-0.3, -0.25) is 5.41 Å². The fraction of sp³-hybridized carbons (Fsp3) is 0.231. The zero-order chi connectivity index (χ0) is 15.2. The number of ether oxygens (including phenoxy) is 1. The highest BCUT2D eigenvalue weighted by molar-refractivity contribution is 7.98. The number of carbonyl (C=O) groups is 1. The fourth-order valence-electron chi connectivity index (χ4n) is 1.52. The molecule has 0 unspecified atom stereocenters. The third kappa shape index (κ3) is 3.82. The number of benzene rings is 1. The van der Waals surface area contributed by atoms with Crippen LogP contribution >= 0.6 is 11.8 Å². The maximum Gasteiger partial charge on any atom is 0.436 e. The molecule has 110 valence electrons. The molecule has 0 aliphatic rings. The summed E-state index contributed by atoms with van der Waals surface area (Å²) in [6, 6.07) is 9.78. The largest absolute Gasteiger partial charge is 0.448 e. The number of nitrogens with one attached hydrogen (secondary N) is 1. The Morgan fingerprint density at radius 1 is 1.43 bits per heavy atom.